The smallest absolute Gasteiger partial charge is 0.338 e. The summed E-state index contributed by atoms with van der Waals surface area (Å²) in [5.74, 6) is -0.804. The molecule has 0 fully saturated rings. The van der Waals surface area contributed by atoms with Crippen molar-refractivity contribution in [3.63, 3.8) is 0 Å². The molecule has 0 aliphatic heterocycles. The molecule has 1 aromatic rings. The van der Waals surface area contributed by atoms with Crippen LogP contribution in [0.15, 0.2) is 3.79 Å². The zero-order valence-corrected chi connectivity index (χ0v) is 8.67. The van der Waals surface area contributed by atoms with Crippen LogP contribution in [0, 0.1) is 0 Å². The quantitative estimate of drug-likeness (QED) is 0.828. The molecule has 0 saturated carbocycles. The van der Waals surface area contributed by atoms with E-state index in [2.05, 4.69) is 15.9 Å². The van der Waals surface area contributed by atoms with Crippen molar-refractivity contribution in [3.8, 4) is 0 Å². The standard InChI is InChI=1S/C8H7BrO2S/c9-7-6(8(10)11)4-2-1-3-5(4)12-7/h1-3H2,(H,10,11). The van der Waals surface area contributed by atoms with Crippen molar-refractivity contribution in [3.05, 3.63) is 19.8 Å². The van der Waals surface area contributed by atoms with E-state index in [-0.39, 0.29) is 0 Å². The van der Waals surface area contributed by atoms with Gasteiger partial charge in [0.05, 0.1) is 9.35 Å². The molecule has 12 heavy (non-hydrogen) atoms. The normalized spacial score (nSPS) is 14.8. The lowest BCUT2D eigenvalue weighted by Gasteiger charge is -1.93. The Kier molecular flexibility index (Phi) is 1.96. The lowest BCUT2D eigenvalue weighted by molar-refractivity contribution is 0.0695. The summed E-state index contributed by atoms with van der Waals surface area (Å²) in [7, 11) is 0. The third-order valence-electron chi connectivity index (χ3n) is 2.09. The molecule has 0 unspecified atom stereocenters. The first kappa shape index (κ1) is 8.26. The molecule has 1 aliphatic carbocycles. The Morgan fingerprint density at radius 2 is 2.25 bits per heavy atom. The second-order valence-corrected chi connectivity index (χ2v) is 5.23. The third kappa shape index (κ3) is 1.10. The number of hydrogen-bond donors (Lipinski definition) is 1. The number of hydrogen-bond acceptors (Lipinski definition) is 2. The number of carbonyl (C=O) groups is 1. The zero-order valence-electron chi connectivity index (χ0n) is 6.26. The number of thiophene rings is 1. The first-order chi connectivity index (χ1) is 5.70. The minimum absolute atomic E-state index is 0.493. The van der Waals surface area contributed by atoms with Crippen LogP contribution < -0.4 is 0 Å². The van der Waals surface area contributed by atoms with Crippen LogP contribution in [-0.2, 0) is 12.8 Å². The highest BCUT2D eigenvalue weighted by molar-refractivity contribution is 9.11. The van der Waals surface area contributed by atoms with Crippen LogP contribution in [0.5, 0.6) is 0 Å². The zero-order chi connectivity index (χ0) is 8.72. The van der Waals surface area contributed by atoms with Crippen molar-refractivity contribution in [2.45, 2.75) is 19.3 Å². The van der Waals surface area contributed by atoms with Crippen LogP contribution in [0.1, 0.15) is 27.2 Å². The topological polar surface area (TPSA) is 37.3 Å². The highest BCUT2D eigenvalue weighted by Gasteiger charge is 2.24. The van der Waals surface area contributed by atoms with Crippen LogP contribution in [0.4, 0.5) is 0 Å². The van der Waals surface area contributed by atoms with Gasteiger partial charge in [0.2, 0.25) is 0 Å². The lowest BCUT2D eigenvalue weighted by atomic mass is 10.1. The van der Waals surface area contributed by atoms with Crippen LogP contribution in [-0.4, -0.2) is 11.1 Å². The molecule has 64 valence electrons. The van der Waals surface area contributed by atoms with Gasteiger partial charge in [-0.25, -0.2) is 4.79 Å². The minimum Gasteiger partial charge on any atom is -0.478 e. The highest BCUT2D eigenvalue weighted by atomic mass is 79.9. The Morgan fingerprint density at radius 3 is 2.92 bits per heavy atom. The van der Waals surface area contributed by atoms with E-state index >= 15 is 0 Å². The van der Waals surface area contributed by atoms with E-state index in [1.165, 1.54) is 4.88 Å². The van der Waals surface area contributed by atoms with Gasteiger partial charge in [-0.05, 0) is 40.8 Å². The number of rotatable bonds is 1. The first-order valence-corrected chi connectivity index (χ1v) is 5.34. The second kappa shape index (κ2) is 2.85. The number of carboxylic acid groups (broad SMARTS) is 1. The molecule has 0 aromatic carbocycles. The fourth-order valence-corrected chi connectivity index (χ4v) is 3.68. The third-order valence-corrected chi connectivity index (χ3v) is 4.05. The van der Waals surface area contributed by atoms with Gasteiger partial charge < -0.3 is 5.11 Å². The van der Waals surface area contributed by atoms with Crippen molar-refractivity contribution in [1.29, 1.82) is 0 Å². The average Bonchev–Trinajstić information content (AvgIpc) is 2.44. The maximum atomic E-state index is 10.8. The monoisotopic (exact) mass is 246 g/mol. The molecule has 0 bridgehead atoms. The summed E-state index contributed by atoms with van der Waals surface area (Å²) in [5.41, 5.74) is 1.55. The van der Waals surface area contributed by atoms with Crippen LogP contribution in [0.25, 0.3) is 0 Å². The van der Waals surface area contributed by atoms with E-state index in [1.807, 2.05) is 0 Å². The highest BCUT2D eigenvalue weighted by Crippen LogP contribution is 2.38. The van der Waals surface area contributed by atoms with Gasteiger partial charge >= 0.3 is 5.97 Å². The van der Waals surface area contributed by atoms with E-state index < -0.39 is 5.97 Å². The summed E-state index contributed by atoms with van der Waals surface area (Å²) >= 11 is 4.85. The molecule has 1 N–H and O–H groups in total. The fraction of sp³-hybridized carbons (Fsp3) is 0.375. The Labute approximate surface area is 82.3 Å². The molecule has 1 heterocycles. The molecule has 0 radical (unpaired) electrons. The SMILES string of the molecule is O=C(O)c1c(Br)sc2c1CCC2. The molecule has 0 atom stereocenters. The maximum Gasteiger partial charge on any atom is 0.338 e. The van der Waals surface area contributed by atoms with Crippen LogP contribution in [0.2, 0.25) is 0 Å². The summed E-state index contributed by atoms with van der Waals surface area (Å²) < 4.78 is 0.778. The Bertz CT molecular complexity index is 343. The van der Waals surface area contributed by atoms with Gasteiger partial charge in [0.1, 0.15) is 0 Å². The number of fused-ring (bicyclic) bond motifs is 1. The van der Waals surface area contributed by atoms with E-state index in [1.54, 1.807) is 11.3 Å². The van der Waals surface area contributed by atoms with Gasteiger partial charge in [-0.1, -0.05) is 0 Å². The Morgan fingerprint density at radius 1 is 1.50 bits per heavy atom. The molecular weight excluding hydrogens is 240 g/mol. The Balaban J connectivity index is 2.59. The Hall–Kier alpha value is -0.350. The number of carboxylic acids is 1. The molecule has 1 aliphatic rings. The van der Waals surface area contributed by atoms with Gasteiger partial charge in [-0.2, -0.15) is 0 Å². The molecular formula is C8H7BrO2S. The number of aromatic carboxylic acids is 1. The van der Waals surface area contributed by atoms with Crippen molar-refractivity contribution >= 4 is 33.2 Å². The minimum atomic E-state index is -0.804. The van der Waals surface area contributed by atoms with Crippen molar-refractivity contribution in [1.82, 2.24) is 0 Å². The average molecular weight is 247 g/mol. The van der Waals surface area contributed by atoms with Crippen molar-refractivity contribution in [2.75, 3.05) is 0 Å². The van der Waals surface area contributed by atoms with Gasteiger partial charge in [0.25, 0.3) is 0 Å². The first-order valence-electron chi connectivity index (χ1n) is 3.73. The maximum absolute atomic E-state index is 10.8. The van der Waals surface area contributed by atoms with Crippen molar-refractivity contribution < 1.29 is 9.90 Å². The van der Waals surface area contributed by atoms with E-state index in [0.717, 1.165) is 28.6 Å². The largest absolute Gasteiger partial charge is 0.478 e. The molecule has 1 aromatic heterocycles. The summed E-state index contributed by atoms with van der Waals surface area (Å²) in [6, 6.07) is 0. The summed E-state index contributed by atoms with van der Waals surface area (Å²) in [6.45, 7) is 0. The van der Waals surface area contributed by atoms with Crippen LogP contribution in [0.3, 0.4) is 0 Å². The lowest BCUT2D eigenvalue weighted by Crippen LogP contribution is -1.98. The molecule has 0 spiro atoms. The van der Waals surface area contributed by atoms with Crippen LogP contribution >= 0.6 is 27.3 Å². The van der Waals surface area contributed by atoms with Gasteiger partial charge in [-0.15, -0.1) is 11.3 Å². The van der Waals surface area contributed by atoms with Crippen molar-refractivity contribution in [2.24, 2.45) is 0 Å². The molecule has 2 rings (SSSR count). The predicted octanol–water partition coefficient (Wildman–Crippen LogP) is 2.70. The molecule has 0 saturated heterocycles. The molecule has 4 heteroatoms. The second-order valence-electron chi connectivity index (χ2n) is 2.81. The molecule has 0 amide bonds. The van der Waals surface area contributed by atoms with E-state index in [4.69, 9.17) is 5.11 Å². The van der Waals surface area contributed by atoms with Gasteiger partial charge in [0.15, 0.2) is 0 Å². The van der Waals surface area contributed by atoms with Gasteiger partial charge in [-0.3, -0.25) is 0 Å². The number of halogens is 1. The summed E-state index contributed by atoms with van der Waals surface area (Å²) in [5, 5.41) is 8.90. The van der Waals surface area contributed by atoms with E-state index in [0.29, 0.717) is 5.56 Å². The fourth-order valence-electron chi connectivity index (χ4n) is 1.58. The summed E-state index contributed by atoms with van der Waals surface area (Å²) in [6.07, 6.45) is 3.08. The van der Waals surface area contributed by atoms with Gasteiger partial charge in [0, 0.05) is 4.88 Å². The summed E-state index contributed by atoms with van der Waals surface area (Å²) in [4.78, 5) is 12.1. The predicted molar refractivity (Wildman–Crippen MR) is 51.0 cm³/mol. The van der Waals surface area contributed by atoms with E-state index in [9.17, 15) is 4.79 Å². The molecule has 2 nitrogen and oxygen atoms in total. The number of aryl methyl sites for hydroxylation is 1.